The lowest BCUT2D eigenvalue weighted by molar-refractivity contribution is 0.458. The van der Waals surface area contributed by atoms with Crippen molar-refractivity contribution in [2.24, 2.45) is 5.73 Å². The molecule has 0 radical (unpaired) electrons. The summed E-state index contributed by atoms with van der Waals surface area (Å²) in [4.78, 5) is 4.13. The van der Waals surface area contributed by atoms with Crippen LogP contribution >= 0.6 is 27.5 Å². The topological polar surface area (TPSA) is 48.1 Å². The molecule has 2 aromatic rings. The molecule has 0 saturated heterocycles. The van der Waals surface area contributed by atoms with Gasteiger partial charge in [0.05, 0.1) is 0 Å². The molecule has 2 N–H and O–H groups in total. The second-order valence-corrected chi connectivity index (χ2v) is 5.10. The number of ether oxygens (including phenoxy) is 1. The van der Waals surface area contributed by atoms with E-state index >= 15 is 0 Å². The number of benzene rings is 1. The van der Waals surface area contributed by atoms with Crippen LogP contribution in [0.2, 0.25) is 5.02 Å². The maximum atomic E-state index is 6.17. The second kappa shape index (κ2) is 5.69. The van der Waals surface area contributed by atoms with Gasteiger partial charge >= 0.3 is 0 Å². The summed E-state index contributed by atoms with van der Waals surface area (Å²) in [6.45, 7) is 2.32. The van der Waals surface area contributed by atoms with E-state index in [1.54, 1.807) is 12.3 Å². The number of aromatic nitrogens is 1. The molecule has 0 aliphatic carbocycles. The van der Waals surface area contributed by atoms with Crippen LogP contribution in [0.25, 0.3) is 0 Å². The average Bonchev–Trinajstić information content (AvgIpc) is 2.36. The summed E-state index contributed by atoms with van der Waals surface area (Å²) in [5.41, 5.74) is 7.41. The predicted molar refractivity (Wildman–Crippen MR) is 76.1 cm³/mol. The van der Waals surface area contributed by atoms with Gasteiger partial charge in [-0.15, -0.1) is 0 Å². The molecule has 0 aliphatic rings. The summed E-state index contributed by atoms with van der Waals surface area (Å²) < 4.78 is 6.67. The van der Waals surface area contributed by atoms with Crippen LogP contribution in [0.5, 0.6) is 11.6 Å². The molecule has 18 heavy (non-hydrogen) atoms. The van der Waals surface area contributed by atoms with Crippen LogP contribution in [0.4, 0.5) is 0 Å². The summed E-state index contributed by atoms with van der Waals surface area (Å²) in [5, 5.41) is 0.458. The fourth-order valence-corrected chi connectivity index (χ4v) is 2.05. The summed E-state index contributed by atoms with van der Waals surface area (Å²) in [6, 6.07) is 7.57. The van der Waals surface area contributed by atoms with E-state index in [-0.39, 0.29) is 0 Å². The number of hydrogen-bond acceptors (Lipinski definition) is 3. The number of hydrogen-bond donors (Lipinski definition) is 1. The van der Waals surface area contributed by atoms with Gasteiger partial charge in [0, 0.05) is 17.2 Å². The van der Waals surface area contributed by atoms with E-state index in [0.29, 0.717) is 23.2 Å². The molecule has 0 spiro atoms. The van der Waals surface area contributed by atoms with E-state index in [1.807, 2.05) is 25.1 Å². The van der Waals surface area contributed by atoms with Gasteiger partial charge in [-0.1, -0.05) is 33.6 Å². The highest BCUT2D eigenvalue weighted by Crippen LogP contribution is 2.32. The van der Waals surface area contributed by atoms with Crippen molar-refractivity contribution >= 4 is 27.5 Å². The number of halogens is 2. The highest BCUT2D eigenvalue weighted by atomic mass is 79.9. The molecule has 0 bridgehead atoms. The minimum Gasteiger partial charge on any atom is -0.437 e. The molecule has 0 aliphatic heterocycles. The summed E-state index contributed by atoms with van der Waals surface area (Å²) >= 11 is 9.57. The smallest absolute Gasteiger partial charge is 0.238 e. The van der Waals surface area contributed by atoms with Crippen LogP contribution in [-0.2, 0) is 6.54 Å². The molecule has 1 heterocycles. The molecule has 5 heteroatoms. The van der Waals surface area contributed by atoms with E-state index in [2.05, 4.69) is 20.9 Å². The molecule has 1 aromatic heterocycles. The van der Waals surface area contributed by atoms with Gasteiger partial charge in [0.2, 0.25) is 5.88 Å². The number of nitrogens with two attached hydrogens (primary N) is 1. The second-order valence-electron chi connectivity index (χ2n) is 3.81. The Morgan fingerprint density at radius 2 is 2.17 bits per heavy atom. The van der Waals surface area contributed by atoms with Gasteiger partial charge < -0.3 is 10.5 Å². The molecular weight excluding hydrogens is 316 g/mol. The van der Waals surface area contributed by atoms with E-state index < -0.39 is 0 Å². The predicted octanol–water partition coefficient (Wildman–Crippen LogP) is 4.06. The molecule has 2 rings (SSSR count). The minimum absolute atomic E-state index is 0.356. The van der Waals surface area contributed by atoms with Gasteiger partial charge in [0.1, 0.15) is 10.8 Å². The van der Waals surface area contributed by atoms with Gasteiger partial charge in [-0.25, -0.2) is 4.98 Å². The lowest BCUT2D eigenvalue weighted by Gasteiger charge is -2.11. The monoisotopic (exact) mass is 326 g/mol. The quantitative estimate of drug-likeness (QED) is 0.925. The van der Waals surface area contributed by atoms with Crippen molar-refractivity contribution < 1.29 is 4.74 Å². The lowest BCUT2D eigenvalue weighted by Crippen LogP contribution is -2.00. The first-order chi connectivity index (χ1) is 8.61. The Bertz CT molecular complexity index is 575. The Morgan fingerprint density at radius 3 is 2.89 bits per heavy atom. The number of aryl methyl sites for hydroxylation is 1. The molecule has 0 unspecified atom stereocenters. The van der Waals surface area contributed by atoms with Crippen molar-refractivity contribution in [2.75, 3.05) is 0 Å². The zero-order valence-corrected chi connectivity index (χ0v) is 12.1. The highest BCUT2D eigenvalue weighted by molar-refractivity contribution is 9.10. The minimum atomic E-state index is 0.356. The molecule has 0 saturated carbocycles. The van der Waals surface area contributed by atoms with Crippen molar-refractivity contribution in [1.82, 2.24) is 4.98 Å². The van der Waals surface area contributed by atoms with Gasteiger partial charge in [-0.2, -0.15) is 0 Å². The van der Waals surface area contributed by atoms with Gasteiger partial charge in [-0.05, 0) is 36.2 Å². The maximum absolute atomic E-state index is 6.17. The number of rotatable bonds is 3. The average molecular weight is 328 g/mol. The molecule has 0 amide bonds. The highest BCUT2D eigenvalue weighted by Gasteiger charge is 2.10. The Labute approximate surface area is 119 Å². The fourth-order valence-electron chi connectivity index (χ4n) is 1.48. The molecule has 1 aromatic carbocycles. The third kappa shape index (κ3) is 2.83. The van der Waals surface area contributed by atoms with E-state index in [9.17, 15) is 0 Å². The largest absolute Gasteiger partial charge is 0.437 e. The first kappa shape index (κ1) is 13.3. The summed E-state index contributed by atoms with van der Waals surface area (Å²) in [5.74, 6) is 1.09. The first-order valence-corrected chi connectivity index (χ1v) is 6.56. The standard InChI is InChI=1S/C13H12BrClN2O/c1-8-2-3-10(14)6-11(8)18-13-12(15)9(7-16)4-5-17-13/h2-6H,7,16H2,1H3. The van der Waals surface area contributed by atoms with Crippen molar-refractivity contribution in [3.8, 4) is 11.6 Å². The van der Waals surface area contributed by atoms with E-state index in [0.717, 1.165) is 15.6 Å². The lowest BCUT2D eigenvalue weighted by atomic mass is 10.2. The third-order valence-corrected chi connectivity index (χ3v) is 3.41. The SMILES string of the molecule is Cc1ccc(Br)cc1Oc1nccc(CN)c1Cl. The van der Waals surface area contributed by atoms with Crippen LogP contribution in [0, 0.1) is 6.92 Å². The third-order valence-electron chi connectivity index (χ3n) is 2.51. The van der Waals surface area contributed by atoms with Crippen LogP contribution < -0.4 is 10.5 Å². The Hall–Kier alpha value is -1.10. The molecule has 3 nitrogen and oxygen atoms in total. The Balaban J connectivity index is 2.37. The molecule has 0 fully saturated rings. The Kier molecular flexibility index (Phi) is 4.22. The van der Waals surface area contributed by atoms with E-state index in [4.69, 9.17) is 22.1 Å². The number of pyridine rings is 1. The molecule has 0 atom stereocenters. The van der Waals surface area contributed by atoms with Crippen LogP contribution in [0.1, 0.15) is 11.1 Å². The molecule has 94 valence electrons. The van der Waals surface area contributed by atoms with Crippen LogP contribution in [0.15, 0.2) is 34.9 Å². The number of nitrogens with zero attached hydrogens (tertiary/aromatic N) is 1. The van der Waals surface area contributed by atoms with Crippen molar-refractivity contribution in [3.63, 3.8) is 0 Å². The van der Waals surface area contributed by atoms with Gasteiger partial charge in [0.25, 0.3) is 0 Å². The van der Waals surface area contributed by atoms with Crippen molar-refractivity contribution in [3.05, 3.63) is 51.1 Å². The van der Waals surface area contributed by atoms with E-state index in [1.165, 1.54) is 0 Å². The fraction of sp³-hybridized carbons (Fsp3) is 0.154. The van der Waals surface area contributed by atoms with Crippen molar-refractivity contribution in [1.29, 1.82) is 0 Å². The summed E-state index contributed by atoms with van der Waals surface area (Å²) in [6.07, 6.45) is 1.64. The Morgan fingerprint density at radius 1 is 1.39 bits per heavy atom. The van der Waals surface area contributed by atoms with Gasteiger partial charge in [0.15, 0.2) is 0 Å². The van der Waals surface area contributed by atoms with Crippen LogP contribution in [-0.4, -0.2) is 4.98 Å². The normalized spacial score (nSPS) is 10.4. The zero-order valence-electron chi connectivity index (χ0n) is 9.78. The van der Waals surface area contributed by atoms with Gasteiger partial charge in [-0.3, -0.25) is 0 Å². The summed E-state index contributed by atoms with van der Waals surface area (Å²) in [7, 11) is 0. The van der Waals surface area contributed by atoms with Crippen molar-refractivity contribution in [2.45, 2.75) is 13.5 Å². The first-order valence-electron chi connectivity index (χ1n) is 5.39. The van der Waals surface area contributed by atoms with Crippen LogP contribution in [0.3, 0.4) is 0 Å². The molecular formula is C13H12BrClN2O. The zero-order chi connectivity index (χ0) is 13.1. The maximum Gasteiger partial charge on any atom is 0.238 e.